The molecule has 0 aliphatic carbocycles. The number of hydrogen-bond acceptors (Lipinski definition) is 5. The molecule has 0 fully saturated rings. The van der Waals surface area contributed by atoms with Crippen molar-refractivity contribution in [1.29, 1.82) is 0 Å². The Kier molecular flexibility index (Phi) is 3.49. The van der Waals surface area contributed by atoms with Crippen molar-refractivity contribution >= 4 is 16.3 Å². The summed E-state index contributed by atoms with van der Waals surface area (Å²) < 4.78 is 54.0. The minimum atomic E-state index is -4.57. The molecule has 0 radical (unpaired) electrons. The van der Waals surface area contributed by atoms with Gasteiger partial charge in [0.25, 0.3) is 0 Å². The molecule has 4 aromatic rings. The molecule has 3 aromatic heterocycles. The van der Waals surface area contributed by atoms with Gasteiger partial charge in [-0.1, -0.05) is 11.3 Å². The Bertz CT molecular complexity index is 1050. The smallest absolute Gasteiger partial charge is 0.265 e. The fourth-order valence-corrected chi connectivity index (χ4v) is 3.13. The maximum atomic E-state index is 14.0. The van der Waals surface area contributed by atoms with Gasteiger partial charge in [0, 0.05) is 23.5 Å². The Morgan fingerprint density at radius 3 is 2.48 bits per heavy atom. The number of nitrogens with zero attached hydrogens (tertiary/aromatic N) is 5. The fraction of sp³-hybridized carbons (Fsp3) is 0.0667. The van der Waals surface area contributed by atoms with Gasteiger partial charge in [0.05, 0.1) is 5.56 Å². The van der Waals surface area contributed by atoms with E-state index in [0.717, 1.165) is 23.5 Å². The van der Waals surface area contributed by atoms with Gasteiger partial charge in [-0.05, 0) is 30.3 Å². The van der Waals surface area contributed by atoms with Gasteiger partial charge in [0.15, 0.2) is 10.8 Å². The number of fused-ring (bicyclic) bond motifs is 1. The number of hydrogen-bond donors (Lipinski definition) is 0. The van der Waals surface area contributed by atoms with Gasteiger partial charge in [-0.3, -0.25) is 4.98 Å². The van der Waals surface area contributed by atoms with Crippen LogP contribution in [0.5, 0.6) is 0 Å². The Hall–Kier alpha value is -2.88. The van der Waals surface area contributed by atoms with Crippen LogP contribution in [0.1, 0.15) is 5.56 Å². The average Bonchev–Trinajstić information content (AvgIpc) is 3.15. The summed E-state index contributed by atoms with van der Waals surface area (Å²) in [5, 5.41) is 12.2. The van der Waals surface area contributed by atoms with Gasteiger partial charge in [0.2, 0.25) is 4.96 Å². The first kappa shape index (κ1) is 15.6. The van der Waals surface area contributed by atoms with E-state index >= 15 is 0 Å². The van der Waals surface area contributed by atoms with Crippen LogP contribution in [0.2, 0.25) is 0 Å². The third-order valence-corrected chi connectivity index (χ3v) is 4.39. The molecule has 0 bridgehead atoms. The first-order chi connectivity index (χ1) is 11.9. The molecular formula is C15H7F4N5S. The van der Waals surface area contributed by atoms with Crippen LogP contribution >= 0.6 is 11.3 Å². The van der Waals surface area contributed by atoms with Gasteiger partial charge in [-0.2, -0.15) is 22.8 Å². The predicted molar refractivity (Wildman–Crippen MR) is 82.3 cm³/mol. The average molecular weight is 365 g/mol. The highest BCUT2D eigenvalue weighted by Gasteiger charge is 2.31. The summed E-state index contributed by atoms with van der Waals surface area (Å²) in [6.07, 6.45) is -1.43. The molecule has 0 saturated heterocycles. The number of alkyl halides is 3. The SMILES string of the molecule is Fc1ccc(C(F)(F)F)cc1-c1nn2c(-c3ccncc3)nnc2s1. The van der Waals surface area contributed by atoms with Gasteiger partial charge < -0.3 is 0 Å². The van der Waals surface area contributed by atoms with Crippen LogP contribution in [0.25, 0.3) is 26.9 Å². The van der Waals surface area contributed by atoms with Crippen molar-refractivity contribution in [3.05, 3.63) is 54.1 Å². The highest BCUT2D eigenvalue weighted by atomic mass is 32.1. The molecule has 0 unspecified atom stereocenters. The normalized spacial score (nSPS) is 12.0. The van der Waals surface area contributed by atoms with E-state index in [1.54, 1.807) is 24.5 Å². The van der Waals surface area contributed by atoms with Gasteiger partial charge >= 0.3 is 6.18 Å². The number of pyridine rings is 1. The molecule has 1 aromatic carbocycles. The summed E-state index contributed by atoms with van der Waals surface area (Å²) >= 11 is 0.955. The van der Waals surface area contributed by atoms with Crippen molar-refractivity contribution in [1.82, 2.24) is 24.8 Å². The van der Waals surface area contributed by atoms with E-state index in [0.29, 0.717) is 22.4 Å². The zero-order chi connectivity index (χ0) is 17.6. The van der Waals surface area contributed by atoms with E-state index in [1.807, 2.05) is 0 Å². The molecule has 10 heteroatoms. The Balaban J connectivity index is 1.85. The predicted octanol–water partition coefficient (Wildman–Crippen LogP) is 4.07. The van der Waals surface area contributed by atoms with E-state index in [4.69, 9.17) is 0 Å². The Morgan fingerprint density at radius 1 is 1.00 bits per heavy atom. The summed E-state index contributed by atoms with van der Waals surface area (Å²) in [5.41, 5.74) is -0.487. The second-order valence-electron chi connectivity index (χ2n) is 5.05. The summed E-state index contributed by atoms with van der Waals surface area (Å²) in [6, 6.07) is 5.61. The lowest BCUT2D eigenvalue weighted by atomic mass is 10.1. The van der Waals surface area contributed by atoms with Crippen LogP contribution < -0.4 is 0 Å². The lowest BCUT2D eigenvalue weighted by molar-refractivity contribution is -0.137. The molecule has 4 rings (SSSR count). The topological polar surface area (TPSA) is 56.0 Å². The van der Waals surface area contributed by atoms with E-state index in [2.05, 4.69) is 20.3 Å². The molecule has 0 N–H and O–H groups in total. The quantitative estimate of drug-likeness (QED) is 0.503. The molecule has 0 aliphatic heterocycles. The third kappa shape index (κ3) is 2.74. The van der Waals surface area contributed by atoms with Crippen molar-refractivity contribution < 1.29 is 17.6 Å². The van der Waals surface area contributed by atoms with E-state index in [-0.39, 0.29) is 10.6 Å². The largest absolute Gasteiger partial charge is 0.416 e. The second-order valence-corrected chi connectivity index (χ2v) is 6.01. The summed E-state index contributed by atoms with van der Waals surface area (Å²) in [7, 11) is 0. The molecule has 0 spiro atoms. The van der Waals surface area contributed by atoms with Crippen molar-refractivity contribution in [2.24, 2.45) is 0 Å². The summed E-state index contributed by atoms with van der Waals surface area (Å²) in [4.78, 5) is 4.25. The van der Waals surface area contributed by atoms with Crippen LogP contribution in [0, 0.1) is 5.82 Å². The van der Waals surface area contributed by atoms with Crippen LogP contribution in [0.15, 0.2) is 42.7 Å². The highest BCUT2D eigenvalue weighted by molar-refractivity contribution is 7.19. The van der Waals surface area contributed by atoms with Gasteiger partial charge in [-0.25, -0.2) is 4.39 Å². The highest BCUT2D eigenvalue weighted by Crippen LogP contribution is 2.35. The maximum absolute atomic E-state index is 14.0. The first-order valence-electron chi connectivity index (χ1n) is 6.93. The number of aromatic nitrogens is 5. The molecule has 5 nitrogen and oxygen atoms in total. The minimum absolute atomic E-state index is 0.0869. The van der Waals surface area contributed by atoms with E-state index in [1.165, 1.54) is 4.52 Å². The van der Waals surface area contributed by atoms with Crippen molar-refractivity contribution in [2.45, 2.75) is 6.18 Å². The second kappa shape index (κ2) is 5.59. The molecule has 25 heavy (non-hydrogen) atoms. The molecule has 0 aliphatic rings. The lowest BCUT2D eigenvalue weighted by Gasteiger charge is -2.08. The van der Waals surface area contributed by atoms with Crippen LogP contribution in [-0.4, -0.2) is 24.8 Å². The maximum Gasteiger partial charge on any atom is 0.416 e. The molecule has 0 saturated carbocycles. The van der Waals surface area contributed by atoms with Crippen LogP contribution in [-0.2, 0) is 6.18 Å². The van der Waals surface area contributed by atoms with Crippen LogP contribution in [0.4, 0.5) is 17.6 Å². The fourth-order valence-electron chi connectivity index (χ4n) is 2.27. The molecule has 0 atom stereocenters. The third-order valence-electron chi connectivity index (χ3n) is 3.45. The standard InChI is InChI=1S/C15H7F4N5S/c16-11-2-1-9(15(17,18)19)7-10(11)13-23-24-12(21-22-14(24)25-13)8-3-5-20-6-4-8/h1-7H. The van der Waals surface area contributed by atoms with E-state index < -0.39 is 17.6 Å². The number of halogens is 4. The zero-order valence-corrected chi connectivity index (χ0v) is 13.0. The first-order valence-corrected chi connectivity index (χ1v) is 7.75. The van der Waals surface area contributed by atoms with Crippen molar-refractivity contribution in [2.75, 3.05) is 0 Å². The Labute approximate surface area is 141 Å². The molecule has 0 amide bonds. The number of benzene rings is 1. The number of rotatable bonds is 2. The van der Waals surface area contributed by atoms with Crippen LogP contribution in [0.3, 0.4) is 0 Å². The monoisotopic (exact) mass is 365 g/mol. The van der Waals surface area contributed by atoms with Crippen molar-refractivity contribution in [3.8, 4) is 22.0 Å². The Morgan fingerprint density at radius 2 is 1.76 bits per heavy atom. The minimum Gasteiger partial charge on any atom is -0.265 e. The molecule has 126 valence electrons. The summed E-state index contributed by atoms with van der Waals surface area (Å²) in [6.45, 7) is 0. The van der Waals surface area contributed by atoms with Gasteiger partial charge in [-0.15, -0.1) is 10.2 Å². The lowest BCUT2D eigenvalue weighted by Crippen LogP contribution is -2.05. The summed E-state index contributed by atoms with van der Waals surface area (Å²) in [5.74, 6) is -0.393. The van der Waals surface area contributed by atoms with Crippen molar-refractivity contribution in [3.63, 3.8) is 0 Å². The molecule has 3 heterocycles. The van der Waals surface area contributed by atoms with Gasteiger partial charge in [0.1, 0.15) is 5.82 Å². The molecular weight excluding hydrogens is 358 g/mol. The van der Waals surface area contributed by atoms with E-state index in [9.17, 15) is 17.6 Å². The zero-order valence-electron chi connectivity index (χ0n) is 12.2.